The van der Waals surface area contributed by atoms with E-state index in [1.54, 1.807) is 18.0 Å². The summed E-state index contributed by atoms with van der Waals surface area (Å²) in [5.74, 6) is 0.578. The number of nitrogens with zero attached hydrogens (tertiary/aromatic N) is 7. The van der Waals surface area contributed by atoms with Gasteiger partial charge in [-0.1, -0.05) is 18.6 Å². The quantitative estimate of drug-likeness (QED) is 0.231. The molecule has 0 atom stereocenters. The summed E-state index contributed by atoms with van der Waals surface area (Å²) < 4.78 is 9.14. The van der Waals surface area contributed by atoms with E-state index in [9.17, 15) is 19.2 Å². The average molecular weight is 701 g/mol. The van der Waals surface area contributed by atoms with Crippen molar-refractivity contribution in [3.8, 4) is 0 Å². The number of nitrogens with one attached hydrogen (secondary N) is 1. The summed E-state index contributed by atoms with van der Waals surface area (Å²) in [7, 11) is 3.67. The van der Waals surface area contributed by atoms with E-state index in [1.807, 2.05) is 72.0 Å². The number of amides is 3. The highest BCUT2D eigenvalue weighted by Crippen LogP contribution is 2.28. The Morgan fingerprint density at radius 2 is 1.63 bits per heavy atom. The lowest BCUT2D eigenvalue weighted by Gasteiger charge is -2.35. The third kappa shape index (κ3) is 7.98. The molecule has 1 N–H and O–H groups in total. The zero-order valence-corrected chi connectivity index (χ0v) is 30.7. The summed E-state index contributed by atoms with van der Waals surface area (Å²) in [6.07, 6.45) is 4.80. The number of carbonyl (C=O) groups excluding carboxylic acids is 3. The van der Waals surface area contributed by atoms with Crippen molar-refractivity contribution in [1.82, 2.24) is 34.0 Å². The molecule has 0 unspecified atom stereocenters. The van der Waals surface area contributed by atoms with Gasteiger partial charge in [0.1, 0.15) is 22.6 Å². The Balaban J connectivity index is 1.15. The number of piperazine rings is 1. The minimum absolute atomic E-state index is 0.132. The van der Waals surface area contributed by atoms with Gasteiger partial charge in [-0.05, 0) is 83.8 Å². The number of likely N-dealkylation sites (N-methyl/N-ethyl adjacent to an activating group) is 1. The molecule has 2 fully saturated rings. The van der Waals surface area contributed by atoms with Crippen LogP contribution < -0.4 is 15.6 Å². The highest BCUT2D eigenvalue weighted by Gasteiger charge is 2.28. The van der Waals surface area contributed by atoms with E-state index in [4.69, 9.17) is 9.72 Å². The molecule has 2 aliphatic heterocycles. The van der Waals surface area contributed by atoms with Crippen molar-refractivity contribution in [1.29, 1.82) is 0 Å². The van der Waals surface area contributed by atoms with E-state index >= 15 is 0 Å². The second-order valence-electron chi connectivity index (χ2n) is 14.8. The second-order valence-corrected chi connectivity index (χ2v) is 14.8. The van der Waals surface area contributed by atoms with Crippen LogP contribution in [0.25, 0.3) is 27.7 Å². The van der Waals surface area contributed by atoms with Crippen molar-refractivity contribution in [2.45, 2.75) is 64.9 Å². The van der Waals surface area contributed by atoms with E-state index in [1.165, 1.54) is 12.8 Å². The SMILES string of the molecule is CN(CCN1CCCC1)C(=O)c1c(=O)c2ccc(N3CCN(C(=O)CCCCCNC(=O)OC(C)(C)C)CC3)nc2n2c3ccccc3n(C)c12. The molecule has 2 saturated heterocycles. The third-order valence-electron chi connectivity index (χ3n) is 9.98. The Hall–Kier alpha value is -4.65. The number of hydrogen-bond donors (Lipinski definition) is 1. The number of rotatable bonds is 11. The lowest BCUT2D eigenvalue weighted by atomic mass is 10.1. The van der Waals surface area contributed by atoms with Gasteiger partial charge in [0.15, 0.2) is 5.65 Å². The largest absolute Gasteiger partial charge is 0.444 e. The predicted octanol–water partition coefficient (Wildman–Crippen LogP) is 4.24. The average Bonchev–Trinajstić information content (AvgIpc) is 3.74. The summed E-state index contributed by atoms with van der Waals surface area (Å²) >= 11 is 0. The number of unbranched alkanes of at least 4 members (excludes halogenated alkanes) is 2. The number of aryl methyl sites for hydroxylation is 1. The number of pyridine rings is 2. The highest BCUT2D eigenvalue weighted by molar-refractivity contribution is 6.05. The molecule has 0 saturated carbocycles. The van der Waals surface area contributed by atoms with Gasteiger partial charge in [0, 0.05) is 66.3 Å². The molecule has 13 heteroatoms. The maximum absolute atomic E-state index is 14.2. The molecule has 0 radical (unpaired) electrons. The van der Waals surface area contributed by atoms with Gasteiger partial charge in [-0.3, -0.25) is 18.8 Å². The van der Waals surface area contributed by atoms with Crippen LogP contribution in [0, 0.1) is 0 Å². The van der Waals surface area contributed by atoms with E-state index in [0.717, 1.165) is 55.7 Å². The van der Waals surface area contributed by atoms with E-state index < -0.39 is 11.7 Å². The molecular formula is C38H52N8O5. The molecule has 3 amide bonds. The van der Waals surface area contributed by atoms with Crippen LogP contribution in [-0.4, -0.2) is 118 Å². The van der Waals surface area contributed by atoms with Crippen LogP contribution in [0.1, 0.15) is 69.7 Å². The maximum atomic E-state index is 14.2. The summed E-state index contributed by atoms with van der Waals surface area (Å²) in [5, 5.41) is 3.17. The van der Waals surface area contributed by atoms with Gasteiger partial charge in [-0.15, -0.1) is 0 Å². The smallest absolute Gasteiger partial charge is 0.407 e. The van der Waals surface area contributed by atoms with Crippen LogP contribution in [0.3, 0.4) is 0 Å². The van der Waals surface area contributed by atoms with Crippen molar-refractivity contribution < 1.29 is 19.1 Å². The first-order valence-electron chi connectivity index (χ1n) is 18.3. The number of para-hydroxylation sites is 2. The van der Waals surface area contributed by atoms with Crippen LogP contribution in [0.4, 0.5) is 10.6 Å². The third-order valence-corrected chi connectivity index (χ3v) is 9.98. The number of likely N-dealkylation sites (tertiary alicyclic amines) is 1. The fourth-order valence-electron chi connectivity index (χ4n) is 7.22. The number of ether oxygens (including phenoxy) is 1. The fraction of sp³-hybridized carbons (Fsp3) is 0.553. The lowest BCUT2D eigenvalue weighted by Crippen LogP contribution is -2.49. The molecule has 0 spiro atoms. The highest BCUT2D eigenvalue weighted by atomic mass is 16.6. The van der Waals surface area contributed by atoms with E-state index in [0.29, 0.717) is 62.4 Å². The van der Waals surface area contributed by atoms with Crippen molar-refractivity contribution in [3.63, 3.8) is 0 Å². The zero-order valence-electron chi connectivity index (χ0n) is 30.7. The summed E-state index contributed by atoms with van der Waals surface area (Å²) in [5.41, 5.74) is 2.14. The molecule has 2 aliphatic rings. The van der Waals surface area contributed by atoms with Gasteiger partial charge >= 0.3 is 6.09 Å². The van der Waals surface area contributed by atoms with Gasteiger partial charge in [0.2, 0.25) is 11.3 Å². The summed E-state index contributed by atoms with van der Waals surface area (Å²) in [6, 6.07) is 11.5. The van der Waals surface area contributed by atoms with Crippen LogP contribution in [-0.2, 0) is 16.6 Å². The number of fused-ring (bicyclic) bond motifs is 5. The van der Waals surface area contributed by atoms with Crippen LogP contribution in [0.2, 0.25) is 0 Å². The van der Waals surface area contributed by atoms with Crippen LogP contribution in [0.5, 0.6) is 0 Å². The maximum Gasteiger partial charge on any atom is 0.407 e. The van der Waals surface area contributed by atoms with E-state index in [-0.39, 0.29) is 22.8 Å². The number of alkyl carbamates (subject to hydrolysis) is 1. The lowest BCUT2D eigenvalue weighted by molar-refractivity contribution is -0.131. The molecule has 0 aliphatic carbocycles. The number of imidazole rings is 1. The van der Waals surface area contributed by atoms with Crippen molar-refractivity contribution >= 4 is 51.4 Å². The molecule has 0 bridgehead atoms. The first-order chi connectivity index (χ1) is 24.4. The predicted molar refractivity (Wildman–Crippen MR) is 200 cm³/mol. The number of carbonyl (C=O) groups is 3. The number of hydrogen-bond acceptors (Lipinski definition) is 8. The molecule has 4 aromatic rings. The first kappa shape index (κ1) is 36.2. The minimum Gasteiger partial charge on any atom is -0.444 e. The summed E-state index contributed by atoms with van der Waals surface area (Å²) in [4.78, 5) is 66.2. The standard InChI is InChI=1S/C38H52N8O5/c1-38(2,3)51-37(50)39-18-10-6-7-15-31(47)45-25-23-44(24-26-45)30-17-16-27-33(48)32(36(49)41(4)21-22-43-19-11-12-20-43)35-42(5)28-13-8-9-14-29(28)46(35)34(27)40-30/h8-9,13-14,16-17H,6-7,10-12,15,18-26H2,1-5H3,(H,39,50). The Bertz CT molecular complexity index is 1960. The van der Waals surface area contributed by atoms with E-state index in [2.05, 4.69) is 15.1 Å². The Morgan fingerprint density at radius 3 is 2.33 bits per heavy atom. The minimum atomic E-state index is -0.525. The first-order valence-corrected chi connectivity index (χ1v) is 18.3. The molecule has 51 heavy (non-hydrogen) atoms. The monoisotopic (exact) mass is 700 g/mol. The molecule has 3 aromatic heterocycles. The fourth-order valence-corrected chi connectivity index (χ4v) is 7.22. The summed E-state index contributed by atoms with van der Waals surface area (Å²) in [6.45, 7) is 11.8. The Labute approximate surface area is 299 Å². The number of aromatic nitrogens is 3. The molecule has 274 valence electrons. The normalized spacial score (nSPS) is 15.6. The Kier molecular flexibility index (Phi) is 10.8. The van der Waals surface area contributed by atoms with Crippen molar-refractivity contribution in [2.75, 3.05) is 70.9 Å². The topological polar surface area (TPSA) is 125 Å². The molecule has 5 heterocycles. The Morgan fingerprint density at radius 1 is 0.922 bits per heavy atom. The van der Waals surface area contributed by atoms with Gasteiger partial charge in [-0.2, -0.15) is 0 Å². The van der Waals surface area contributed by atoms with Gasteiger partial charge in [0.05, 0.1) is 16.4 Å². The van der Waals surface area contributed by atoms with Crippen molar-refractivity contribution in [2.24, 2.45) is 7.05 Å². The van der Waals surface area contributed by atoms with Gasteiger partial charge in [-0.25, -0.2) is 9.78 Å². The molecular weight excluding hydrogens is 648 g/mol. The molecule has 13 nitrogen and oxygen atoms in total. The zero-order chi connectivity index (χ0) is 36.3. The van der Waals surface area contributed by atoms with Crippen LogP contribution in [0.15, 0.2) is 41.2 Å². The van der Waals surface area contributed by atoms with Crippen molar-refractivity contribution in [3.05, 3.63) is 52.2 Å². The van der Waals surface area contributed by atoms with Crippen LogP contribution >= 0.6 is 0 Å². The second kappa shape index (κ2) is 15.3. The number of anilines is 1. The molecule has 1 aromatic carbocycles. The van der Waals surface area contributed by atoms with Gasteiger partial charge in [0.25, 0.3) is 5.91 Å². The van der Waals surface area contributed by atoms with Gasteiger partial charge < -0.3 is 34.2 Å². The number of benzene rings is 1. The molecule has 6 rings (SSSR count).